The lowest BCUT2D eigenvalue weighted by molar-refractivity contribution is 0.0956. The summed E-state index contributed by atoms with van der Waals surface area (Å²) in [6, 6.07) is 8.78. The number of nitrogens with one attached hydrogen (secondary N) is 1. The van der Waals surface area contributed by atoms with E-state index in [1.807, 2.05) is 12.1 Å². The Bertz CT molecular complexity index is 806. The van der Waals surface area contributed by atoms with Crippen LogP contribution in [0.1, 0.15) is 36.2 Å². The number of carbonyl (C=O) groups is 1. The van der Waals surface area contributed by atoms with Crippen molar-refractivity contribution in [3.05, 3.63) is 36.1 Å². The summed E-state index contributed by atoms with van der Waals surface area (Å²) >= 11 is 0. The number of benzene rings is 1. The Balaban J connectivity index is 1.56. The van der Waals surface area contributed by atoms with E-state index in [1.165, 1.54) is 0 Å². The average molecular weight is 319 g/mol. The third kappa shape index (κ3) is 2.22. The third-order valence-electron chi connectivity index (χ3n) is 4.96. The Kier molecular flexibility index (Phi) is 3.04. The van der Waals surface area contributed by atoms with Gasteiger partial charge in [-0.05, 0) is 43.2 Å². The third-order valence-corrected chi connectivity index (χ3v) is 6.80. The first-order valence-corrected chi connectivity index (χ1v) is 9.12. The molecule has 4 rings (SSSR count). The minimum atomic E-state index is -3.64. The van der Waals surface area contributed by atoms with E-state index in [9.17, 15) is 13.2 Å². The molecule has 2 saturated carbocycles. The second-order valence-electron chi connectivity index (χ2n) is 6.34. The van der Waals surface area contributed by atoms with Crippen LogP contribution in [0, 0.1) is 11.8 Å². The molecule has 0 spiro atoms. The van der Waals surface area contributed by atoms with Crippen molar-refractivity contribution in [3.8, 4) is 0 Å². The van der Waals surface area contributed by atoms with Crippen molar-refractivity contribution in [2.24, 2.45) is 11.8 Å². The molecule has 1 amide bonds. The number of sulfonamides is 1. The van der Waals surface area contributed by atoms with Crippen LogP contribution >= 0.6 is 0 Å². The van der Waals surface area contributed by atoms with Gasteiger partial charge in [0.1, 0.15) is 5.58 Å². The Morgan fingerprint density at radius 1 is 1.18 bits per heavy atom. The molecule has 2 bridgehead atoms. The van der Waals surface area contributed by atoms with Crippen LogP contribution in [0.3, 0.4) is 0 Å². The highest BCUT2D eigenvalue weighted by molar-refractivity contribution is 7.90. The van der Waals surface area contributed by atoms with Gasteiger partial charge < -0.3 is 4.42 Å². The summed E-state index contributed by atoms with van der Waals surface area (Å²) in [5, 5.41) is 0.351. The van der Waals surface area contributed by atoms with Crippen molar-refractivity contribution in [2.45, 2.75) is 30.9 Å². The van der Waals surface area contributed by atoms with Crippen LogP contribution in [0.5, 0.6) is 0 Å². The van der Waals surface area contributed by atoms with Crippen molar-refractivity contribution >= 4 is 26.9 Å². The van der Waals surface area contributed by atoms with Gasteiger partial charge in [0, 0.05) is 5.39 Å². The minimum Gasteiger partial charge on any atom is -0.451 e. The molecule has 1 aromatic heterocycles. The Morgan fingerprint density at radius 2 is 2.00 bits per heavy atom. The normalized spacial score (nSPS) is 27.4. The van der Waals surface area contributed by atoms with E-state index in [1.54, 1.807) is 18.2 Å². The van der Waals surface area contributed by atoms with Crippen LogP contribution in [-0.4, -0.2) is 19.6 Å². The number of hydrogen-bond donors (Lipinski definition) is 1. The predicted octanol–water partition coefficient (Wildman–Crippen LogP) is 2.68. The van der Waals surface area contributed by atoms with E-state index in [-0.39, 0.29) is 11.7 Å². The van der Waals surface area contributed by atoms with Crippen LogP contribution in [0.25, 0.3) is 11.0 Å². The molecular weight excluding hydrogens is 302 g/mol. The fraction of sp³-hybridized carbons (Fsp3) is 0.438. The summed E-state index contributed by atoms with van der Waals surface area (Å²) in [4.78, 5) is 12.2. The van der Waals surface area contributed by atoms with E-state index in [0.717, 1.165) is 24.6 Å². The van der Waals surface area contributed by atoms with Gasteiger partial charge in [-0.1, -0.05) is 24.6 Å². The van der Waals surface area contributed by atoms with E-state index < -0.39 is 21.2 Å². The van der Waals surface area contributed by atoms with Crippen molar-refractivity contribution in [1.29, 1.82) is 0 Å². The number of amides is 1. The number of fused-ring (bicyclic) bond motifs is 3. The summed E-state index contributed by atoms with van der Waals surface area (Å²) < 4.78 is 32.5. The molecule has 5 nitrogen and oxygen atoms in total. The van der Waals surface area contributed by atoms with Gasteiger partial charge in [-0.3, -0.25) is 4.79 Å². The summed E-state index contributed by atoms with van der Waals surface area (Å²) in [5.74, 6) is 0.0609. The number of furan rings is 1. The molecule has 1 heterocycles. The number of para-hydroxylation sites is 1. The molecule has 22 heavy (non-hydrogen) atoms. The lowest BCUT2D eigenvalue weighted by Crippen LogP contribution is -2.40. The van der Waals surface area contributed by atoms with Crippen molar-refractivity contribution in [2.75, 3.05) is 0 Å². The van der Waals surface area contributed by atoms with E-state index in [4.69, 9.17) is 4.42 Å². The van der Waals surface area contributed by atoms with E-state index in [0.29, 0.717) is 17.9 Å². The van der Waals surface area contributed by atoms with Crippen molar-refractivity contribution in [3.63, 3.8) is 0 Å². The van der Waals surface area contributed by atoms with Gasteiger partial charge in [0.25, 0.3) is 5.91 Å². The highest BCUT2D eigenvalue weighted by atomic mass is 32.2. The van der Waals surface area contributed by atoms with Crippen LogP contribution in [0.4, 0.5) is 0 Å². The molecule has 6 heteroatoms. The fourth-order valence-corrected chi connectivity index (χ4v) is 5.71. The highest BCUT2D eigenvalue weighted by Crippen LogP contribution is 2.47. The molecule has 2 aliphatic carbocycles. The van der Waals surface area contributed by atoms with Crippen molar-refractivity contribution in [1.82, 2.24) is 4.72 Å². The van der Waals surface area contributed by atoms with Gasteiger partial charge in [-0.2, -0.15) is 0 Å². The SMILES string of the molecule is O=C(NS(=O)(=O)C1C[C@@H]2CC[C@H]1C2)c1cc2ccccc2o1. The highest BCUT2D eigenvalue weighted by Gasteiger charge is 2.46. The van der Waals surface area contributed by atoms with Gasteiger partial charge in [0.15, 0.2) is 5.76 Å². The molecule has 0 aliphatic heterocycles. The second kappa shape index (κ2) is 4.84. The van der Waals surface area contributed by atoms with E-state index >= 15 is 0 Å². The zero-order valence-electron chi connectivity index (χ0n) is 12.0. The molecule has 0 radical (unpaired) electrons. The molecular formula is C16H17NO4S. The smallest absolute Gasteiger partial charge is 0.300 e. The lowest BCUT2D eigenvalue weighted by atomic mass is 10.0. The molecule has 1 N–H and O–H groups in total. The first-order chi connectivity index (χ1) is 10.5. The minimum absolute atomic E-state index is 0.0351. The van der Waals surface area contributed by atoms with Crippen LogP contribution in [0.15, 0.2) is 34.7 Å². The molecule has 1 unspecified atom stereocenters. The first-order valence-electron chi connectivity index (χ1n) is 7.57. The second-order valence-corrected chi connectivity index (χ2v) is 8.24. The maximum Gasteiger partial charge on any atom is 0.300 e. The summed E-state index contributed by atoms with van der Waals surface area (Å²) in [6.07, 6.45) is 3.72. The Hall–Kier alpha value is -1.82. The van der Waals surface area contributed by atoms with Gasteiger partial charge in [-0.25, -0.2) is 13.1 Å². The zero-order chi connectivity index (χ0) is 15.3. The number of hydrogen-bond acceptors (Lipinski definition) is 4. The molecule has 2 aliphatic rings. The lowest BCUT2D eigenvalue weighted by Gasteiger charge is -2.21. The maximum atomic E-state index is 12.4. The molecule has 116 valence electrons. The summed E-state index contributed by atoms with van der Waals surface area (Å²) in [5.41, 5.74) is 0.574. The average Bonchev–Trinajstić information content (AvgIpc) is 3.21. The largest absolute Gasteiger partial charge is 0.451 e. The van der Waals surface area contributed by atoms with Gasteiger partial charge in [0.2, 0.25) is 10.0 Å². The van der Waals surface area contributed by atoms with E-state index in [2.05, 4.69) is 4.72 Å². The predicted molar refractivity (Wildman–Crippen MR) is 81.8 cm³/mol. The monoisotopic (exact) mass is 319 g/mol. The Morgan fingerprint density at radius 3 is 2.68 bits per heavy atom. The van der Waals surface area contributed by atoms with Crippen molar-refractivity contribution < 1.29 is 17.6 Å². The summed E-state index contributed by atoms with van der Waals surface area (Å²) in [7, 11) is -3.64. The first kappa shape index (κ1) is 13.8. The molecule has 1 aromatic carbocycles. The van der Waals surface area contributed by atoms with Crippen LogP contribution < -0.4 is 4.72 Å². The maximum absolute atomic E-state index is 12.4. The van der Waals surface area contributed by atoms with Gasteiger partial charge in [0.05, 0.1) is 5.25 Å². The molecule has 0 saturated heterocycles. The fourth-order valence-electron chi connectivity index (χ4n) is 3.92. The standard InChI is InChI=1S/C16H17NO4S/c18-16(14-9-11-3-1-2-4-13(11)21-14)17-22(19,20)15-8-10-5-6-12(15)7-10/h1-4,9-10,12,15H,5-8H2,(H,17,18)/t10-,12+,15?/m1/s1. The summed E-state index contributed by atoms with van der Waals surface area (Å²) in [6.45, 7) is 0. The molecule has 2 aromatic rings. The number of carbonyl (C=O) groups excluding carboxylic acids is 1. The van der Waals surface area contributed by atoms with Gasteiger partial charge >= 0.3 is 0 Å². The Labute approximate surface area is 128 Å². The zero-order valence-corrected chi connectivity index (χ0v) is 12.8. The van der Waals surface area contributed by atoms with Crippen LogP contribution in [0.2, 0.25) is 0 Å². The van der Waals surface area contributed by atoms with Gasteiger partial charge in [-0.15, -0.1) is 0 Å². The topological polar surface area (TPSA) is 76.4 Å². The van der Waals surface area contributed by atoms with Crippen LogP contribution in [-0.2, 0) is 10.0 Å². The quantitative estimate of drug-likeness (QED) is 0.943. The molecule has 3 atom stereocenters. The molecule has 2 fully saturated rings. The number of rotatable bonds is 3.